The first-order valence-corrected chi connectivity index (χ1v) is 5.89. The van der Waals surface area contributed by atoms with Crippen LogP contribution in [0.15, 0.2) is 23.1 Å². The number of hydrogen-bond acceptors (Lipinski definition) is 3. The summed E-state index contributed by atoms with van der Waals surface area (Å²) in [7, 11) is 0. The lowest BCUT2D eigenvalue weighted by molar-refractivity contribution is -0.117. The van der Waals surface area contributed by atoms with E-state index < -0.39 is 0 Å². The van der Waals surface area contributed by atoms with E-state index in [9.17, 15) is 4.79 Å². The lowest BCUT2D eigenvalue weighted by Gasteiger charge is -2.04. The van der Waals surface area contributed by atoms with Crippen LogP contribution in [0.4, 0.5) is 0 Å². The van der Waals surface area contributed by atoms with Crippen molar-refractivity contribution in [2.24, 2.45) is 5.73 Å². The molecule has 0 bridgehead atoms. The van der Waals surface area contributed by atoms with Crippen LogP contribution >= 0.6 is 11.8 Å². The summed E-state index contributed by atoms with van der Waals surface area (Å²) < 4.78 is 0. The van der Waals surface area contributed by atoms with E-state index in [2.05, 4.69) is 5.32 Å². The highest BCUT2D eigenvalue weighted by Gasteiger charge is 2.03. The maximum Gasteiger partial charge on any atom is 0.251 e. The van der Waals surface area contributed by atoms with Crippen LogP contribution in [0.25, 0.3) is 0 Å². The van der Waals surface area contributed by atoms with Gasteiger partial charge in [0.15, 0.2) is 0 Å². The third-order valence-electron chi connectivity index (χ3n) is 1.52. The summed E-state index contributed by atoms with van der Waals surface area (Å²) in [6, 6.07) is 0. The van der Waals surface area contributed by atoms with Gasteiger partial charge in [-0.25, -0.2) is 0 Å². The molecule has 3 nitrogen and oxygen atoms in total. The highest BCUT2D eigenvalue weighted by atomic mass is 32.2. The van der Waals surface area contributed by atoms with Gasteiger partial charge < -0.3 is 11.1 Å². The predicted molar refractivity (Wildman–Crippen MR) is 63.1 cm³/mol. The molecular weight excluding hydrogens is 196 g/mol. The Hall–Kier alpha value is -0.740. The van der Waals surface area contributed by atoms with E-state index in [1.54, 1.807) is 6.08 Å². The van der Waals surface area contributed by atoms with E-state index in [-0.39, 0.29) is 5.91 Å². The Morgan fingerprint density at radius 2 is 2.29 bits per heavy atom. The van der Waals surface area contributed by atoms with Crippen LogP contribution in [0.3, 0.4) is 0 Å². The third kappa shape index (κ3) is 5.83. The Morgan fingerprint density at radius 3 is 2.79 bits per heavy atom. The Balaban J connectivity index is 4.10. The SMILES string of the molecule is CC=C/C(=C\SC)C(=O)NCCCN. The smallest absolute Gasteiger partial charge is 0.251 e. The molecule has 0 saturated heterocycles. The Morgan fingerprint density at radius 1 is 1.57 bits per heavy atom. The summed E-state index contributed by atoms with van der Waals surface area (Å²) in [5, 5.41) is 4.63. The molecule has 0 rings (SSSR count). The third-order valence-corrected chi connectivity index (χ3v) is 2.01. The molecule has 0 aliphatic heterocycles. The van der Waals surface area contributed by atoms with Crippen molar-refractivity contribution in [3.63, 3.8) is 0 Å². The fraction of sp³-hybridized carbons (Fsp3) is 0.500. The molecule has 0 saturated carbocycles. The molecule has 0 fully saturated rings. The zero-order valence-corrected chi connectivity index (χ0v) is 9.56. The first-order chi connectivity index (χ1) is 6.76. The van der Waals surface area contributed by atoms with E-state index in [1.807, 2.05) is 24.7 Å². The minimum atomic E-state index is -0.0362. The highest BCUT2D eigenvalue weighted by Crippen LogP contribution is 2.05. The van der Waals surface area contributed by atoms with Gasteiger partial charge in [0, 0.05) is 12.1 Å². The molecule has 0 unspecified atom stereocenters. The Labute approximate surface area is 89.8 Å². The molecule has 0 aliphatic rings. The number of rotatable bonds is 6. The average Bonchev–Trinajstić information content (AvgIpc) is 2.18. The van der Waals surface area contributed by atoms with Gasteiger partial charge in [-0.15, -0.1) is 11.8 Å². The molecule has 0 aromatic carbocycles. The van der Waals surface area contributed by atoms with Gasteiger partial charge in [0.05, 0.1) is 0 Å². The van der Waals surface area contributed by atoms with Crippen molar-refractivity contribution < 1.29 is 4.79 Å². The van der Waals surface area contributed by atoms with Crippen LogP contribution in [0.1, 0.15) is 13.3 Å². The highest BCUT2D eigenvalue weighted by molar-refractivity contribution is 8.01. The summed E-state index contributed by atoms with van der Waals surface area (Å²) in [6.45, 7) is 3.13. The van der Waals surface area contributed by atoms with E-state index in [1.165, 1.54) is 11.8 Å². The second kappa shape index (κ2) is 8.84. The van der Waals surface area contributed by atoms with Crippen molar-refractivity contribution in [2.45, 2.75) is 13.3 Å². The topological polar surface area (TPSA) is 55.1 Å². The first kappa shape index (κ1) is 13.3. The second-order valence-electron chi connectivity index (χ2n) is 2.71. The molecule has 0 heterocycles. The van der Waals surface area contributed by atoms with Gasteiger partial charge in [0.25, 0.3) is 5.91 Å². The summed E-state index contributed by atoms with van der Waals surface area (Å²) in [5.41, 5.74) is 6.02. The summed E-state index contributed by atoms with van der Waals surface area (Å²) >= 11 is 1.52. The molecule has 80 valence electrons. The lowest BCUT2D eigenvalue weighted by Crippen LogP contribution is -2.26. The molecule has 14 heavy (non-hydrogen) atoms. The zero-order valence-electron chi connectivity index (χ0n) is 8.75. The number of amides is 1. The fourth-order valence-electron chi connectivity index (χ4n) is 0.881. The Kier molecular flexibility index (Phi) is 8.37. The largest absolute Gasteiger partial charge is 0.352 e. The van der Waals surface area contributed by atoms with Gasteiger partial charge in [-0.1, -0.05) is 12.2 Å². The van der Waals surface area contributed by atoms with Gasteiger partial charge in [-0.3, -0.25) is 4.79 Å². The number of carbonyl (C=O) groups is 1. The lowest BCUT2D eigenvalue weighted by atomic mass is 10.2. The van der Waals surface area contributed by atoms with Gasteiger partial charge in [-0.05, 0) is 31.6 Å². The number of thioether (sulfide) groups is 1. The molecular formula is C10H18N2OS. The normalized spacial score (nSPS) is 12.1. The number of hydrogen-bond donors (Lipinski definition) is 2. The van der Waals surface area contributed by atoms with E-state index in [0.29, 0.717) is 18.7 Å². The van der Waals surface area contributed by atoms with Gasteiger partial charge >= 0.3 is 0 Å². The minimum Gasteiger partial charge on any atom is -0.352 e. The molecule has 0 aliphatic carbocycles. The van der Waals surface area contributed by atoms with Gasteiger partial charge in [0.1, 0.15) is 0 Å². The maximum absolute atomic E-state index is 11.5. The quantitative estimate of drug-likeness (QED) is 0.398. The van der Waals surface area contributed by atoms with E-state index in [4.69, 9.17) is 5.73 Å². The van der Waals surface area contributed by atoms with Crippen molar-refractivity contribution in [1.29, 1.82) is 0 Å². The van der Waals surface area contributed by atoms with Crippen LogP contribution in [0.2, 0.25) is 0 Å². The number of carbonyl (C=O) groups excluding carboxylic acids is 1. The molecule has 0 spiro atoms. The van der Waals surface area contributed by atoms with Crippen molar-refractivity contribution >= 4 is 17.7 Å². The van der Waals surface area contributed by atoms with Crippen LogP contribution in [-0.4, -0.2) is 25.3 Å². The molecule has 0 aromatic heterocycles. The van der Waals surface area contributed by atoms with Gasteiger partial charge in [0.2, 0.25) is 0 Å². The standard InChI is InChI=1S/C10H18N2OS/c1-3-5-9(8-14-2)10(13)12-7-4-6-11/h3,5,8H,4,6-7,11H2,1-2H3,(H,12,13)/b5-3?,9-8+. The van der Waals surface area contributed by atoms with Gasteiger partial charge in [-0.2, -0.15) is 0 Å². The number of allylic oxidation sites excluding steroid dienone is 1. The summed E-state index contributed by atoms with van der Waals surface area (Å²) in [4.78, 5) is 11.5. The average molecular weight is 214 g/mol. The maximum atomic E-state index is 11.5. The monoisotopic (exact) mass is 214 g/mol. The summed E-state index contributed by atoms with van der Waals surface area (Å²) in [5.74, 6) is -0.0362. The zero-order chi connectivity index (χ0) is 10.8. The van der Waals surface area contributed by atoms with Crippen molar-refractivity contribution in [3.05, 3.63) is 23.1 Å². The van der Waals surface area contributed by atoms with E-state index >= 15 is 0 Å². The Bertz CT molecular complexity index is 224. The molecule has 0 atom stereocenters. The van der Waals surface area contributed by atoms with Crippen LogP contribution in [0, 0.1) is 0 Å². The molecule has 3 N–H and O–H groups in total. The first-order valence-electron chi connectivity index (χ1n) is 4.60. The molecule has 0 aromatic rings. The van der Waals surface area contributed by atoms with Crippen molar-refractivity contribution in [2.75, 3.05) is 19.3 Å². The fourth-order valence-corrected chi connectivity index (χ4v) is 1.32. The van der Waals surface area contributed by atoms with Crippen molar-refractivity contribution in [3.8, 4) is 0 Å². The minimum absolute atomic E-state index is 0.0362. The van der Waals surface area contributed by atoms with Crippen LogP contribution in [-0.2, 0) is 4.79 Å². The van der Waals surface area contributed by atoms with Crippen LogP contribution < -0.4 is 11.1 Å². The number of nitrogens with two attached hydrogens (primary N) is 1. The molecule has 0 radical (unpaired) electrons. The second-order valence-corrected chi connectivity index (χ2v) is 3.41. The number of nitrogens with one attached hydrogen (secondary N) is 1. The summed E-state index contributed by atoms with van der Waals surface area (Å²) in [6.07, 6.45) is 6.39. The van der Waals surface area contributed by atoms with E-state index in [0.717, 1.165) is 6.42 Å². The van der Waals surface area contributed by atoms with Crippen molar-refractivity contribution in [1.82, 2.24) is 5.32 Å². The molecule has 4 heteroatoms. The molecule has 1 amide bonds. The predicted octanol–water partition coefficient (Wildman–Crippen LogP) is 1.27. The van der Waals surface area contributed by atoms with Crippen LogP contribution in [0.5, 0.6) is 0 Å².